The lowest BCUT2D eigenvalue weighted by molar-refractivity contribution is -0.182. The number of fused-ring (bicyclic) bond motifs is 3. The summed E-state index contributed by atoms with van der Waals surface area (Å²) in [5.41, 5.74) is 2.53. The standard InChI is InChI=1S/C34H44N4O5/c1-31-15-11-27-32(2)13-8-14-33(3,30(42)43-4)26(32)12-16-34(27,21-31)18-23(31)25-19-38(37-36-25)20-28(39)35-24(29(40)41)17-22-9-6-5-7-10-22/h5-7,9-10,18-19,24,26-27H,8,11-17,20-21H2,1-4H3,(H,35,39)(H,40,41)/t24-,26-,27-,31-,32+,33+,34-/m0/s1. The van der Waals surface area contributed by atoms with E-state index in [1.807, 2.05) is 36.5 Å². The lowest BCUT2D eigenvalue weighted by atomic mass is 9.40. The minimum atomic E-state index is -1.07. The molecule has 6 rings (SSSR count). The van der Waals surface area contributed by atoms with E-state index in [1.54, 1.807) is 0 Å². The van der Waals surface area contributed by atoms with Gasteiger partial charge >= 0.3 is 11.9 Å². The van der Waals surface area contributed by atoms with Crippen molar-refractivity contribution in [3.63, 3.8) is 0 Å². The Balaban J connectivity index is 1.20. The van der Waals surface area contributed by atoms with E-state index < -0.39 is 23.3 Å². The number of carbonyl (C=O) groups excluding carboxylic acids is 2. The van der Waals surface area contributed by atoms with E-state index in [9.17, 15) is 19.5 Å². The van der Waals surface area contributed by atoms with Crippen LogP contribution < -0.4 is 5.32 Å². The Labute approximate surface area is 253 Å². The molecule has 1 heterocycles. The van der Waals surface area contributed by atoms with E-state index in [1.165, 1.54) is 17.4 Å². The topological polar surface area (TPSA) is 123 Å². The molecule has 0 aliphatic heterocycles. The van der Waals surface area contributed by atoms with Crippen LogP contribution in [0.25, 0.3) is 5.57 Å². The third-order valence-electron chi connectivity index (χ3n) is 11.8. The average Bonchev–Trinajstić information content (AvgIpc) is 3.50. The van der Waals surface area contributed by atoms with Crippen molar-refractivity contribution in [2.45, 2.75) is 91.1 Å². The summed E-state index contributed by atoms with van der Waals surface area (Å²) < 4.78 is 6.85. The molecule has 1 spiro atoms. The Morgan fingerprint density at radius 1 is 1.07 bits per heavy atom. The van der Waals surface area contributed by atoms with E-state index in [0.29, 0.717) is 11.8 Å². The number of nitrogens with one attached hydrogen (secondary N) is 1. The van der Waals surface area contributed by atoms with Gasteiger partial charge in [-0.1, -0.05) is 61.9 Å². The largest absolute Gasteiger partial charge is 0.480 e. The Kier molecular flexibility index (Phi) is 7.29. The number of carboxylic acids is 1. The number of rotatable bonds is 8. The molecule has 2 bridgehead atoms. The molecule has 0 radical (unpaired) electrons. The van der Waals surface area contributed by atoms with Crippen molar-refractivity contribution in [1.82, 2.24) is 20.3 Å². The van der Waals surface area contributed by atoms with Crippen molar-refractivity contribution in [1.29, 1.82) is 0 Å². The molecule has 9 nitrogen and oxygen atoms in total. The first-order chi connectivity index (χ1) is 20.4. The van der Waals surface area contributed by atoms with Gasteiger partial charge in [0.2, 0.25) is 5.91 Å². The molecule has 3 fully saturated rings. The second-order valence-electron chi connectivity index (χ2n) is 14.4. The van der Waals surface area contributed by atoms with Crippen molar-refractivity contribution >= 4 is 23.4 Å². The third-order valence-corrected chi connectivity index (χ3v) is 11.8. The van der Waals surface area contributed by atoms with Crippen LogP contribution in [0.3, 0.4) is 0 Å². The highest BCUT2D eigenvalue weighted by atomic mass is 16.5. The predicted molar refractivity (Wildman–Crippen MR) is 160 cm³/mol. The number of aliphatic carboxylic acids is 1. The molecule has 1 aromatic carbocycles. The van der Waals surface area contributed by atoms with Crippen LogP contribution in [0.4, 0.5) is 0 Å². The quantitative estimate of drug-likeness (QED) is 0.413. The summed E-state index contributed by atoms with van der Waals surface area (Å²) in [6.45, 7) is 6.81. The maximum absolute atomic E-state index is 13.0. The molecule has 0 unspecified atom stereocenters. The number of hydrogen-bond donors (Lipinski definition) is 2. The zero-order valence-electron chi connectivity index (χ0n) is 25.8. The normalized spacial score (nSPS) is 35.2. The maximum Gasteiger partial charge on any atom is 0.326 e. The molecule has 43 heavy (non-hydrogen) atoms. The fourth-order valence-corrected chi connectivity index (χ4v) is 10.0. The third kappa shape index (κ3) is 4.89. The number of carbonyl (C=O) groups is 3. The van der Waals surface area contributed by atoms with E-state index in [4.69, 9.17) is 4.74 Å². The lowest BCUT2D eigenvalue weighted by Crippen LogP contribution is -2.58. The van der Waals surface area contributed by atoms with E-state index in [0.717, 1.165) is 62.6 Å². The number of amides is 1. The number of nitrogens with zero attached hydrogens (tertiary/aromatic N) is 3. The number of benzene rings is 1. The van der Waals surface area contributed by atoms with E-state index in [-0.39, 0.29) is 35.2 Å². The number of methoxy groups -OCH3 is 1. The van der Waals surface area contributed by atoms with E-state index >= 15 is 0 Å². The van der Waals surface area contributed by atoms with Gasteiger partial charge in [0.1, 0.15) is 18.3 Å². The minimum Gasteiger partial charge on any atom is -0.480 e. The fraction of sp³-hybridized carbons (Fsp3) is 0.618. The Bertz CT molecular complexity index is 1450. The summed E-state index contributed by atoms with van der Waals surface area (Å²) in [5, 5.41) is 21.1. The molecule has 1 aromatic heterocycles. The summed E-state index contributed by atoms with van der Waals surface area (Å²) in [6.07, 6.45) is 12.9. The van der Waals surface area contributed by atoms with Crippen LogP contribution in [0.1, 0.15) is 83.4 Å². The Hall–Kier alpha value is -3.49. The van der Waals surface area contributed by atoms with Crippen molar-refractivity contribution in [3.05, 3.63) is 53.9 Å². The molecule has 9 heteroatoms. The summed E-state index contributed by atoms with van der Waals surface area (Å²) >= 11 is 0. The second-order valence-corrected chi connectivity index (χ2v) is 14.4. The highest BCUT2D eigenvalue weighted by Gasteiger charge is 2.66. The van der Waals surface area contributed by atoms with Crippen LogP contribution in [0, 0.1) is 33.5 Å². The molecule has 2 aromatic rings. The summed E-state index contributed by atoms with van der Waals surface area (Å²) in [7, 11) is 1.52. The predicted octanol–water partition coefficient (Wildman–Crippen LogP) is 5.06. The van der Waals surface area contributed by atoms with Crippen LogP contribution in [-0.2, 0) is 32.1 Å². The van der Waals surface area contributed by atoms with Gasteiger partial charge < -0.3 is 15.2 Å². The van der Waals surface area contributed by atoms with Gasteiger partial charge in [0.05, 0.1) is 18.7 Å². The zero-order valence-corrected chi connectivity index (χ0v) is 25.8. The van der Waals surface area contributed by atoms with Gasteiger partial charge in [0, 0.05) is 6.42 Å². The first-order valence-corrected chi connectivity index (χ1v) is 15.7. The van der Waals surface area contributed by atoms with Crippen LogP contribution in [0.5, 0.6) is 0 Å². The monoisotopic (exact) mass is 588 g/mol. The number of carboxylic acid groups (broad SMARTS) is 1. The van der Waals surface area contributed by atoms with Crippen molar-refractivity contribution in [2.24, 2.45) is 33.5 Å². The Morgan fingerprint density at radius 2 is 1.81 bits per heavy atom. The molecule has 1 amide bonds. The lowest BCUT2D eigenvalue weighted by Gasteiger charge is -2.64. The smallest absolute Gasteiger partial charge is 0.326 e. The number of ether oxygens (including phenoxy) is 1. The van der Waals surface area contributed by atoms with Gasteiger partial charge in [-0.25, -0.2) is 9.48 Å². The molecule has 230 valence electrons. The van der Waals surface area contributed by atoms with Gasteiger partial charge in [0.15, 0.2) is 0 Å². The first kappa shape index (κ1) is 29.6. The number of allylic oxidation sites excluding steroid dienone is 2. The first-order valence-electron chi connectivity index (χ1n) is 15.7. The minimum absolute atomic E-state index is 0.0206. The average molecular weight is 589 g/mol. The van der Waals surface area contributed by atoms with Gasteiger partial charge in [0.25, 0.3) is 0 Å². The number of aromatic nitrogens is 3. The molecule has 2 N–H and O–H groups in total. The van der Waals surface area contributed by atoms with Crippen LogP contribution in [-0.4, -0.2) is 51.1 Å². The summed E-state index contributed by atoms with van der Waals surface area (Å²) in [4.78, 5) is 37.7. The van der Waals surface area contributed by atoms with Gasteiger partial charge in [-0.15, -0.1) is 5.10 Å². The SMILES string of the molecule is COC(=O)[C@]1(C)CCC[C@@]2(C)[C@@H]3CC[C@@]4(C)C[C@@]3(C=C4c3cn(CC(=O)N[C@@H](Cc4ccccc4)C(=O)O)nn3)CC[C@@H]21. The van der Waals surface area contributed by atoms with E-state index in [2.05, 4.69) is 42.5 Å². The molecular weight excluding hydrogens is 544 g/mol. The summed E-state index contributed by atoms with van der Waals surface area (Å²) in [6, 6.07) is 8.24. The van der Waals surface area contributed by atoms with Gasteiger partial charge in [-0.05, 0) is 91.1 Å². The van der Waals surface area contributed by atoms with Gasteiger partial charge in [-0.3, -0.25) is 9.59 Å². The van der Waals surface area contributed by atoms with Crippen molar-refractivity contribution < 1.29 is 24.2 Å². The number of esters is 1. The fourth-order valence-electron chi connectivity index (χ4n) is 10.0. The van der Waals surface area contributed by atoms with Gasteiger partial charge in [-0.2, -0.15) is 0 Å². The van der Waals surface area contributed by atoms with Crippen LogP contribution >= 0.6 is 0 Å². The molecule has 4 aliphatic rings. The zero-order chi connectivity index (χ0) is 30.6. The van der Waals surface area contributed by atoms with Crippen molar-refractivity contribution in [3.8, 4) is 0 Å². The number of hydrogen-bond acceptors (Lipinski definition) is 6. The highest BCUT2D eigenvalue weighted by molar-refractivity contribution is 5.83. The summed E-state index contributed by atoms with van der Waals surface area (Å²) in [5.74, 6) is -0.740. The molecule has 4 aliphatic carbocycles. The van der Waals surface area contributed by atoms with Crippen LogP contribution in [0.15, 0.2) is 42.6 Å². The molecule has 3 saturated carbocycles. The highest BCUT2D eigenvalue weighted by Crippen LogP contribution is 2.74. The molecule has 0 saturated heterocycles. The van der Waals surface area contributed by atoms with Crippen LogP contribution in [0.2, 0.25) is 0 Å². The Morgan fingerprint density at radius 3 is 2.53 bits per heavy atom. The van der Waals surface area contributed by atoms with Crippen molar-refractivity contribution in [2.75, 3.05) is 7.11 Å². The second kappa shape index (κ2) is 10.6. The molecule has 7 atom stereocenters. The molecular formula is C34H44N4O5. The maximum atomic E-state index is 13.0.